The number of urea groups is 1. The first kappa shape index (κ1) is 24.3. The first-order valence-corrected chi connectivity index (χ1v) is 11.3. The first-order chi connectivity index (χ1) is 12.2. The second kappa shape index (κ2) is 19.6. The second-order valence-corrected chi connectivity index (χ2v) is 7.63. The molecule has 0 aromatic carbocycles. The predicted octanol–water partition coefficient (Wildman–Crippen LogP) is 7.04. The van der Waals surface area contributed by atoms with Gasteiger partial charge in [0.2, 0.25) is 0 Å². The molecule has 0 spiro atoms. The summed E-state index contributed by atoms with van der Waals surface area (Å²) in [4.78, 5) is 13.4. The second-order valence-electron chi connectivity index (χ2n) is 7.63. The molecule has 0 aliphatic heterocycles. The van der Waals surface area contributed by atoms with Gasteiger partial charge in [0.1, 0.15) is 0 Å². The standard InChI is InChI=1S/C22H46N2O/c1-3-5-7-9-11-13-15-17-19-21-24(22(23)25)20-18-16-14-12-10-8-6-4-2/h3-21H2,1-2H3,(H2,23,25). The lowest BCUT2D eigenvalue weighted by atomic mass is 10.1. The molecule has 0 saturated carbocycles. The zero-order valence-corrected chi connectivity index (χ0v) is 17.4. The van der Waals surface area contributed by atoms with Gasteiger partial charge < -0.3 is 10.6 Å². The Kier molecular flexibility index (Phi) is 19.0. The lowest BCUT2D eigenvalue weighted by molar-refractivity contribution is 0.204. The van der Waals surface area contributed by atoms with Gasteiger partial charge in [0.05, 0.1) is 0 Å². The molecule has 0 rings (SSSR count). The van der Waals surface area contributed by atoms with Gasteiger partial charge in [0.15, 0.2) is 0 Å². The molecule has 2 N–H and O–H groups in total. The van der Waals surface area contributed by atoms with Crippen LogP contribution in [0.1, 0.15) is 123 Å². The van der Waals surface area contributed by atoms with Crippen LogP contribution in [0.3, 0.4) is 0 Å². The summed E-state index contributed by atoms with van der Waals surface area (Å²) in [6.07, 6.45) is 22.2. The Morgan fingerprint density at radius 3 is 1.12 bits per heavy atom. The minimum Gasteiger partial charge on any atom is -0.351 e. The Morgan fingerprint density at radius 2 is 0.840 bits per heavy atom. The minimum atomic E-state index is -0.234. The van der Waals surface area contributed by atoms with E-state index in [4.69, 9.17) is 5.73 Å². The van der Waals surface area contributed by atoms with E-state index in [-0.39, 0.29) is 6.03 Å². The Bertz CT molecular complexity index is 281. The van der Waals surface area contributed by atoms with Crippen molar-refractivity contribution in [1.29, 1.82) is 0 Å². The molecule has 2 amide bonds. The summed E-state index contributed by atoms with van der Waals surface area (Å²) in [6, 6.07) is -0.234. The number of unbranched alkanes of at least 4 members (excludes halogenated alkanes) is 15. The molecule has 0 atom stereocenters. The van der Waals surface area contributed by atoms with Crippen molar-refractivity contribution < 1.29 is 4.79 Å². The number of carbonyl (C=O) groups is 1. The van der Waals surface area contributed by atoms with E-state index in [0.717, 1.165) is 25.9 Å². The van der Waals surface area contributed by atoms with Crippen molar-refractivity contribution in [2.75, 3.05) is 13.1 Å². The molecule has 0 fully saturated rings. The molecular weight excluding hydrogens is 308 g/mol. The fourth-order valence-electron chi connectivity index (χ4n) is 3.38. The van der Waals surface area contributed by atoms with E-state index in [1.54, 1.807) is 0 Å². The summed E-state index contributed by atoms with van der Waals surface area (Å²) in [6.45, 7) is 6.22. The minimum absolute atomic E-state index is 0.234. The van der Waals surface area contributed by atoms with Crippen molar-refractivity contribution in [3.8, 4) is 0 Å². The normalized spacial score (nSPS) is 11.0. The average Bonchev–Trinajstić information content (AvgIpc) is 2.60. The van der Waals surface area contributed by atoms with E-state index in [9.17, 15) is 4.79 Å². The molecule has 0 bridgehead atoms. The molecule has 3 nitrogen and oxygen atoms in total. The van der Waals surface area contributed by atoms with Gasteiger partial charge in [-0.3, -0.25) is 0 Å². The van der Waals surface area contributed by atoms with E-state index in [0.29, 0.717) is 0 Å². The highest BCUT2D eigenvalue weighted by molar-refractivity contribution is 5.71. The van der Waals surface area contributed by atoms with Crippen molar-refractivity contribution in [2.45, 2.75) is 123 Å². The molecule has 3 heteroatoms. The number of primary amides is 1. The van der Waals surface area contributed by atoms with Gasteiger partial charge in [-0.2, -0.15) is 0 Å². The molecular formula is C22H46N2O. The van der Waals surface area contributed by atoms with Crippen LogP contribution in [0.2, 0.25) is 0 Å². The Labute approximate surface area is 158 Å². The quantitative estimate of drug-likeness (QED) is 0.248. The number of amides is 2. The molecule has 25 heavy (non-hydrogen) atoms. The smallest absolute Gasteiger partial charge is 0.314 e. The van der Waals surface area contributed by atoms with Gasteiger partial charge >= 0.3 is 6.03 Å². The summed E-state index contributed by atoms with van der Waals surface area (Å²) in [5.74, 6) is 0. The van der Waals surface area contributed by atoms with Crippen LogP contribution in [-0.2, 0) is 0 Å². The molecule has 0 saturated heterocycles. The van der Waals surface area contributed by atoms with Gasteiger partial charge in [0.25, 0.3) is 0 Å². The molecule has 0 heterocycles. The van der Waals surface area contributed by atoms with Crippen molar-refractivity contribution in [3.63, 3.8) is 0 Å². The number of hydrogen-bond acceptors (Lipinski definition) is 1. The summed E-state index contributed by atoms with van der Waals surface area (Å²) in [5.41, 5.74) is 5.53. The lowest BCUT2D eigenvalue weighted by Crippen LogP contribution is -2.37. The molecule has 150 valence electrons. The monoisotopic (exact) mass is 354 g/mol. The molecule has 0 aliphatic carbocycles. The van der Waals surface area contributed by atoms with Crippen molar-refractivity contribution >= 4 is 6.03 Å². The van der Waals surface area contributed by atoms with Crippen LogP contribution in [-0.4, -0.2) is 24.0 Å². The highest BCUT2D eigenvalue weighted by atomic mass is 16.2. The number of nitrogens with two attached hydrogens (primary N) is 1. The number of hydrogen-bond donors (Lipinski definition) is 1. The van der Waals surface area contributed by atoms with Crippen LogP contribution in [0, 0.1) is 0 Å². The van der Waals surface area contributed by atoms with Crippen LogP contribution in [0.5, 0.6) is 0 Å². The third kappa shape index (κ3) is 17.9. The highest BCUT2D eigenvalue weighted by Gasteiger charge is 2.08. The fourth-order valence-corrected chi connectivity index (χ4v) is 3.38. The molecule has 0 aliphatic rings. The molecule has 0 aromatic heterocycles. The summed E-state index contributed by atoms with van der Waals surface area (Å²) < 4.78 is 0. The fraction of sp³-hybridized carbons (Fsp3) is 0.955. The Morgan fingerprint density at radius 1 is 0.560 bits per heavy atom. The van der Waals surface area contributed by atoms with Crippen molar-refractivity contribution in [2.24, 2.45) is 5.73 Å². The summed E-state index contributed by atoms with van der Waals surface area (Å²) in [7, 11) is 0. The van der Waals surface area contributed by atoms with Gasteiger partial charge in [-0.05, 0) is 12.8 Å². The molecule has 0 aromatic rings. The highest BCUT2D eigenvalue weighted by Crippen LogP contribution is 2.11. The number of nitrogens with zero attached hydrogens (tertiary/aromatic N) is 1. The van der Waals surface area contributed by atoms with Gasteiger partial charge in [-0.25, -0.2) is 4.79 Å². The van der Waals surface area contributed by atoms with Crippen LogP contribution in [0.4, 0.5) is 4.79 Å². The summed E-state index contributed by atoms with van der Waals surface area (Å²) in [5, 5.41) is 0. The van der Waals surface area contributed by atoms with E-state index in [1.807, 2.05) is 4.90 Å². The van der Waals surface area contributed by atoms with Crippen LogP contribution >= 0.6 is 0 Å². The van der Waals surface area contributed by atoms with Crippen molar-refractivity contribution in [1.82, 2.24) is 4.90 Å². The van der Waals surface area contributed by atoms with Gasteiger partial charge in [0, 0.05) is 13.1 Å². The van der Waals surface area contributed by atoms with Crippen LogP contribution in [0.15, 0.2) is 0 Å². The summed E-state index contributed by atoms with van der Waals surface area (Å²) >= 11 is 0. The van der Waals surface area contributed by atoms with E-state index in [2.05, 4.69) is 13.8 Å². The largest absolute Gasteiger partial charge is 0.351 e. The Hall–Kier alpha value is -0.730. The third-order valence-electron chi connectivity index (χ3n) is 5.12. The van der Waals surface area contributed by atoms with Gasteiger partial charge in [-0.1, -0.05) is 110 Å². The Balaban J connectivity index is 3.48. The number of rotatable bonds is 19. The van der Waals surface area contributed by atoms with Crippen molar-refractivity contribution in [3.05, 3.63) is 0 Å². The zero-order valence-electron chi connectivity index (χ0n) is 17.4. The maximum absolute atomic E-state index is 11.6. The van der Waals surface area contributed by atoms with Gasteiger partial charge in [-0.15, -0.1) is 0 Å². The van der Waals surface area contributed by atoms with E-state index < -0.39 is 0 Å². The molecule has 0 unspecified atom stereocenters. The van der Waals surface area contributed by atoms with Crippen LogP contribution in [0.25, 0.3) is 0 Å². The zero-order chi connectivity index (χ0) is 18.6. The SMILES string of the molecule is CCCCCCCCCCCN(CCCCCCCCCC)C(N)=O. The van der Waals surface area contributed by atoms with E-state index >= 15 is 0 Å². The van der Waals surface area contributed by atoms with E-state index in [1.165, 1.54) is 96.3 Å². The van der Waals surface area contributed by atoms with Crippen LogP contribution < -0.4 is 5.73 Å². The lowest BCUT2D eigenvalue weighted by Gasteiger charge is -2.20. The maximum atomic E-state index is 11.6. The topological polar surface area (TPSA) is 46.3 Å². The maximum Gasteiger partial charge on any atom is 0.314 e. The first-order valence-electron chi connectivity index (χ1n) is 11.3. The number of carbonyl (C=O) groups excluding carboxylic acids is 1. The third-order valence-corrected chi connectivity index (χ3v) is 5.12. The predicted molar refractivity (Wildman–Crippen MR) is 111 cm³/mol. The average molecular weight is 355 g/mol. The molecule has 0 radical (unpaired) electrons.